The van der Waals surface area contributed by atoms with Crippen molar-refractivity contribution in [1.29, 1.82) is 0 Å². The second-order valence-corrected chi connectivity index (χ2v) is 5.58. The van der Waals surface area contributed by atoms with Crippen LogP contribution < -0.4 is 0 Å². The van der Waals surface area contributed by atoms with E-state index < -0.39 is 0 Å². The summed E-state index contributed by atoms with van der Waals surface area (Å²) in [6, 6.07) is 7.84. The minimum Gasteiger partial charge on any atom is -0.286 e. The molecule has 0 saturated heterocycles. The first-order valence-electron chi connectivity index (χ1n) is 7.83. The van der Waals surface area contributed by atoms with Gasteiger partial charge in [0.25, 0.3) is 0 Å². The summed E-state index contributed by atoms with van der Waals surface area (Å²) in [5.41, 5.74) is 1.85. The van der Waals surface area contributed by atoms with Crippen LogP contribution in [-0.2, 0) is 25.9 Å². The summed E-state index contributed by atoms with van der Waals surface area (Å²) in [7, 11) is 0. The Morgan fingerprint density at radius 1 is 0.917 bits per heavy atom. The van der Waals surface area contributed by atoms with Gasteiger partial charge in [0, 0.05) is 31.8 Å². The monoisotopic (exact) mass is 323 g/mol. The van der Waals surface area contributed by atoms with E-state index in [4.69, 9.17) is 0 Å². The molecule has 0 bridgehead atoms. The third kappa shape index (κ3) is 2.87. The Morgan fingerprint density at radius 2 is 1.83 bits per heavy atom. The van der Waals surface area contributed by atoms with Crippen LogP contribution in [0, 0.1) is 6.92 Å². The van der Waals surface area contributed by atoms with Gasteiger partial charge in [0.2, 0.25) is 0 Å². The van der Waals surface area contributed by atoms with E-state index in [1.807, 2.05) is 57.3 Å². The topological polar surface area (TPSA) is 91.6 Å². The molecular weight excluding hydrogens is 306 g/mol. The molecule has 0 spiro atoms. The lowest BCUT2D eigenvalue weighted by molar-refractivity contribution is 0.526. The standard InChI is InChI=1S/C15H17N9/c1-12-5-9-22(19-12)10-6-15-18-20-21-24(15)11-7-14-17-16-13-4-2-3-8-23(13)14/h2-5,8-9H,6-7,10-11H2,1H3. The fourth-order valence-electron chi connectivity index (χ4n) is 2.65. The van der Waals surface area contributed by atoms with Gasteiger partial charge in [0.1, 0.15) is 5.82 Å². The second-order valence-electron chi connectivity index (χ2n) is 5.58. The molecule has 24 heavy (non-hydrogen) atoms. The van der Waals surface area contributed by atoms with Crippen molar-refractivity contribution in [2.75, 3.05) is 0 Å². The third-order valence-corrected chi connectivity index (χ3v) is 3.88. The number of rotatable bonds is 6. The molecule has 0 radical (unpaired) electrons. The normalized spacial score (nSPS) is 11.4. The number of pyridine rings is 1. The van der Waals surface area contributed by atoms with Gasteiger partial charge in [-0.1, -0.05) is 6.07 Å². The molecule has 4 heterocycles. The van der Waals surface area contributed by atoms with Crippen molar-refractivity contribution in [3.63, 3.8) is 0 Å². The Labute approximate surface area is 137 Å². The van der Waals surface area contributed by atoms with Gasteiger partial charge in [-0.05, 0) is 35.5 Å². The van der Waals surface area contributed by atoms with E-state index in [0.29, 0.717) is 13.0 Å². The van der Waals surface area contributed by atoms with Gasteiger partial charge >= 0.3 is 0 Å². The highest BCUT2D eigenvalue weighted by atomic mass is 15.5. The molecule has 0 aliphatic heterocycles. The molecule has 0 N–H and O–H groups in total. The maximum absolute atomic E-state index is 4.38. The Morgan fingerprint density at radius 3 is 2.71 bits per heavy atom. The second kappa shape index (κ2) is 6.19. The predicted molar refractivity (Wildman–Crippen MR) is 85.2 cm³/mol. The fourth-order valence-corrected chi connectivity index (χ4v) is 2.65. The summed E-state index contributed by atoms with van der Waals surface area (Å²) < 4.78 is 5.71. The van der Waals surface area contributed by atoms with Crippen molar-refractivity contribution in [2.24, 2.45) is 0 Å². The van der Waals surface area contributed by atoms with E-state index in [2.05, 4.69) is 30.8 Å². The lowest BCUT2D eigenvalue weighted by Crippen LogP contribution is -2.12. The predicted octanol–water partition coefficient (Wildman–Crippen LogP) is 0.706. The Kier molecular flexibility index (Phi) is 3.73. The Bertz CT molecular complexity index is 949. The first-order valence-corrected chi connectivity index (χ1v) is 7.83. The van der Waals surface area contributed by atoms with Crippen LogP contribution in [0.5, 0.6) is 0 Å². The molecule has 4 aromatic heterocycles. The number of fused-ring (bicyclic) bond motifs is 1. The molecule has 9 nitrogen and oxygen atoms in total. The van der Waals surface area contributed by atoms with Crippen LogP contribution in [0.4, 0.5) is 0 Å². The molecule has 4 aromatic rings. The summed E-state index contributed by atoms with van der Waals surface area (Å²) in [4.78, 5) is 0. The number of tetrazole rings is 1. The highest BCUT2D eigenvalue weighted by Gasteiger charge is 2.09. The van der Waals surface area contributed by atoms with Crippen LogP contribution in [0.25, 0.3) is 5.65 Å². The fraction of sp³-hybridized carbons (Fsp3) is 0.333. The summed E-state index contributed by atoms with van der Waals surface area (Å²) in [5, 5.41) is 24.8. The molecule has 4 rings (SSSR count). The third-order valence-electron chi connectivity index (χ3n) is 3.88. The highest BCUT2D eigenvalue weighted by molar-refractivity contribution is 5.36. The van der Waals surface area contributed by atoms with Gasteiger partial charge in [-0.2, -0.15) is 5.10 Å². The molecule has 0 fully saturated rings. The lowest BCUT2D eigenvalue weighted by Gasteiger charge is -2.04. The van der Waals surface area contributed by atoms with Crippen molar-refractivity contribution in [3.05, 3.63) is 54.0 Å². The number of aromatic nitrogens is 9. The number of aryl methyl sites for hydroxylation is 5. The van der Waals surface area contributed by atoms with E-state index >= 15 is 0 Å². The minimum atomic E-state index is 0.663. The smallest absolute Gasteiger partial charge is 0.160 e. The van der Waals surface area contributed by atoms with Gasteiger partial charge in [-0.3, -0.25) is 9.08 Å². The van der Waals surface area contributed by atoms with Gasteiger partial charge in [-0.15, -0.1) is 15.3 Å². The Balaban J connectivity index is 1.43. The van der Waals surface area contributed by atoms with E-state index in [-0.39, 0.29) is 0 Å². The van der Waals surface area contributed by atoms with Crippen molar-refractivity contribution >= 4 is 5.65 Å². The van der Waals surface area contributed by atoms with Crippen molar-refractivity contribution < 1.29 is 0 Å². The molecule has 0 aromatic carbocycles. The van der Waals surface area contributed by atoms with Crippen LogP contribution in [0.3, 0.4) is 0 Å². The van der Waals surface area contributed by atoms with E-state index in [1.165, 1.54) is 0 Å². The number of nitrogens with zero attached hydrogens (tertiary/aromatic N) is 9. The number of hydrogen-bond donors (Lipinski definition) is 0. The van der Waals surface area contributed by atoms with Crippen molar-refractivity contribution in [1.82, 2.24) is 44.6 Å². The van der Waals surface area contributed by atoms with Crippen molar-refractivity contribution in [3.8, 4) is 0 Å². The maximum Gasteiger partial charge on any atom is 0.160 e. The average molecular weight is 323 g/mol. The first kappa shape index (κ1) is 14.5. The molecule has 0 aliphatic carbocycles. The van der Waals surface area contributed by atoms with Crippen LogP contribution in [0.2, 0.25) is 0 Å². The van der Waals surface area contributed by atoms with E-state index in [0.717, 1.165) is 36.0 Å². The zero-order valence-electron chi connectivity index (χ0n) is 13.3. The van der Waals surface area contributed by atoms with Crippen molar-refractivity contribution in [2.45, 2.75) is 32.9 Å². The molecule has 0 amide bonds. The van der Waals surface area contributed by atoms with Crippen LogP contribution in [0.1, 0.15) is 17.3 Å². The van der Waals surface area contributed by atoms with Gasteiger partial charge < -0.3 is 0 Å². The molecule has 9 heteroatoms. The van der Waals surface area contributed by atoms with E-state index in [9.17, 15) is 0 Å². The highest BCUT2D eigenvalue weighted by Crippen LogP contribution is 2.05. The Hall–Kier alpha value is -3.10. The van der Waals surface area contributed by atoms with Gasteiger partial charge in [0.15, 0.2) is 11.5 Å². The quantitative estimate of drug-likeness (QED) is 0.519. The molecule has 0 atom stereocenters. The summed E-state index contributed by atoms with van der Waals surface area (Å²) in [6.45, 7) is 3.39. The first-order chi connectivity index (χ1) is 11.8. The zero-order valence-corrected chi connectivity index (χ0v) is 13.3. The van der Waals surface area contributed by atoms with Crippen LogP contribution >= 0.6 is 0 Å². The number of hydrogen-bond acceptors (Lipinski definition) is 6. The molecule has 0 aliphatic rings. The van der Waals surface area contributed by atoms with E-state index in [1.54, 1.807) is 0 Å². The zero-order chi connectivity index (χ0) is 16.4. The summed E-state index contributed by atoms with van der Waals surface area (Å²) in [6.07, 6.45) is 5.37. The molecule has 122 valence electrons. The molecule has 0 unspecified atom stereocenters. The van der Waals surface area contributed by atoms with Gasteiger partial charge in [-0.25, -0.2) is 4.68 Å². The van der Waals surface area contributed by atoms with Crippen LogP contribution in [0.15, 0.2) is 36.7 Å². The molecule has 0 saturated carbocycles. The SMILES string of the molecule is Cc1ccn(CCc2nnnn2CCc2nnc3ccccn23)n1. The average Bonchev–Trinajstić information content (AvgIpc) is 3.30. The largest absolute Gasteiger partial charge is 0.286 e. The lowest BCUT2D eigenvalue weighted by atomic mass is 10.3. The van der Waals surface area contributed by atoms with Crippen LogP contribution in [-0.4, -0.2) is 44.6 Å². The maximum atomic E-state index is 4.38. The van der Waals surface area contributed by atoms with Gasteiger partial charge in [0.05, 0.1) is 12.2 Å². The summed E-state index contributed by atoms with van der Waals surface area (Å²) >= 11 is 0. The summed E-state index contributed by atoms with van der Waals surface area (Å²) in [5.74, 6) is 1.74. The minimum absolute atomic E-state index is 0.663. The molecular formula is C15H17N9.